The summed E-state index contributed by atoms with van der Waals surface area (Å²) in [7, 11) is 0. The van der Waals surface area contributed by atoms with Crippen LogP contribution >= 0.6 is 0 Å². The number of hydrogen-bond donors (Lipinski definition) is 1. The molecule has 0 saturated carbocycles. The standard InChI is InChI=1S/C15H20N2O3/c1-12-9-14(18)16-7-8-17(12)15(19)11-20-10-13-5-3-2-4-6-13/h2-6,12H,7-11H2,1H3,(H,16,18). The van der Waals surface area contributed by atoms with E-state index in [9.17, 15) is 9.59 Å². The van der Waals surface area contributed by atoms with Crippen LogP contribution in [0.2, 0.25) is 0 Å². The fourth-order valence-electron chi connectivity index (χ4n) is 2.27. The van der Waals surface area contributed by atoms with Crippen LogP contribution in [0.5, 0.6) is 0 Å². The van der Waals surface area contributed by atoms with E-state index in [2.05, 4.69) is 5.32 Å². The molecule has 2 rings (SSSR count). The van der Waals surface area contributed by atoms with E-state index in [1.165, 1.54) is 0 Å². The van der Waals surface area contributed by atoms with E-state index in [1.807, 2.05) is 37.3 Å². The highest BCUT2D eigenvalue weighted by Crippen LogP contribution is 2.08. The number of hydrogen-bond acceptors (Lipinski definition) is 3. The second-order valence-electron chi connectivity index (χ2n) is 4.97. The molecule has 0 spiro atoms. The molecule has 1 atom stereocenters. The molecule has 2 amide bonds. The van der Waals surface area contributed by atoms with Gasteiger partial charge < -0.3 is 15.0 Å². The van der Waals surface area contributed by atoms with Gasteiger partial charge in [0.25, 0.3) is 0 Å². The summed E-state index contributed by atoms with van der Waals surface area (Å²) in [6.07, 6.45) is 0.352. The topological polar surface area (TPSA) is 58.6 Å². The Morgan fingerprint density at radius 1 is 1.40 bits per heavy atom. The van der Waals surface area contributed by atoms with E-state index < -0.39 is 0 Å². The Balaban J connectivity index is 1.80. The number of nitrogens with zero attached hydrogens (tertiary/aromatic N) is 1. The summed E-state index contributed by atoms with van der Waals surface area (Å²) < 4.78 is 5.45. The molecule has 5 heteroatoms. The van der Waals surface area contributed by atoms with Gasteiger partial charge in [-0.2, -0.15) is 0 Å². The summed E-state index contributed by atoms with van der Waals surface area (Å²) in [6, 6.07) is 9.66. The van der Waals surface area contributed by atoms with Crippen LogP contribution in [-0.2, 0) is 20.9 Å². The molecule has 0 radical (unpaired) electrons. The highest BCUT2D eigenvalue weighted by atomic mass is 16.5. The largest absolute Gasteiger partial charge is 0.367 e. The van der Waals surface area contributed by atoms with E-state index in [1.54, 1.807) is 4.90 Å². The van der Waals surface area contributed by atoms with E-state index in [0.717, 1.165) is 5.56 Å². The van der Waals surface area contributed by atoms with Gasteiger partial charge in [-0.3, -0.25) is 9.59 Å². The van der Waals surface area contributed by atoms with Gasteiger partial charge in [0.15, 0.2) is 0 Å². The Morgan fingerprint density at radius 2 is 2.15 bits per heavy atom. The number of benzene rings is 1. The maximum atomic E-state index is 12.1. The number of carbonyl (C=O) groups excluding carboxylic acids is 2. The van der Waals surface area contributed by atoms with Crippen molar-refractivity contribution in [2.24, 2.45) is 0 Å². The first kappa shape index (κ1) is 14.5. The lowest BCUT2D eigenvalue weighted by atomic mass is 10.2. The Morgan fingerprint density at radius 3 is 2.90 bits per heavy atom. The van der Waals surface area contributed by atoms with Crippen molar-refractivity contribution in [1.82, 2.24) is 10.2 Å². The number of ether oxygens (including phenoxy) is 1. The highest BCUT2D eigenvalue weighted by Gasteiger charge is 2.24. The minimum atomic E-state index is -0.0784. The zero-order valence-corrected chi connectivity index (χ0v) is 11.7. The molecule has 1 heterocycles. The molecule has 1 N–H and O–H groups in total. The van der Waals surface area contributed by atoms with E-state index in [0.29, 0.717) is 26.1 Å². The van der Waals surface area contributed by atoms with Crippen molar-refractivity contribution in [2.75, 3.05) is 19.7 Å². The van der Waals surface area contributed by atoms with Crippen LogP contribution < -0.4 is 5.32 Å². The maximum Gasteiger partial charge on any atom is 0.248 e. The number of amides is 2. The minimum absolute atomic E-state index is 0.00185. The summed E-state index contributed by atoms with van der Waals surface area (Å²) in [5, 5.41) is 2.77. The molecule has 1 aliphatic heterocycles. The Labute approximate surface area is 118 Å². The normalized spacial score (nSPS) is 19.4. The fourth-order valence-corrected chi connectivity index (χ4v) is 2.27. The average Bonchev–Trinajstić information content (AvgIpc) is 2.60. The molecule has 1 aromatic rings. The van der Waals surface area contributed by atoms with Gasteiger partial charge >= 0.3 is 0 Å². The van der Waals surface area contributed by atoms with E-state index in [4.69, 9.17) is 4.74 Å². The molecule has 5 nitrogen and oxygen atoms in total. The molecule has 20 heavy (non-hydrogen) atoms. The molecule has 1 fully saturated rings. The van der Waals surface area contributed by atoms with Crippen molar-refractivity contribution >= 4 is 11.8 Å². The molecular weight excluding hydrogens is 256 g/mol. The Kier molecular flexibility index (Phi) is 5.12. The summed E-state index contributed by atoms with van der Waals surface area (Å²) in [6.45, 7) is 3.41. The Bertz CT molecular complexity index is 461. The van der Waals surface area contributed by atoms with Crippen molar-refractivity contribution < 1.29 is 14.3 Å². The molecule has 0 aliphatic carbocycles. The predicted molar refractivity (Wildman–Crippen MR) is 74.9 cm³/mol. The van der Waals surface area contributed by atoms with E-state index >= 15 is 0 Å². The lowest BCUT2D eigenvalue weighted by Crippen LogP contribution is -2.41. The average molecular weight is 276 g/mol. The minimum Gasteiger partial charge on any atom is -0.367 e. The van der Waals surface area contributed by atoms with Gasteiger partial charge in [-0.25, -0.2) is 0 Å². The zero-order valence-electron chi connectivity index (χ0n) is 11.7. The molecule has 0 bridgehead atoms. The third-order valence-electron chi connectivity index (χ3n) is 3.35. The number of carbonyl (C=O) groups is 2. The third-order valence-corrected chi connectivity index (χ3v) is 3.35. The van der Waals surface area contributed by atoms with Crippen molar-refractivity contribution in [2.45, 2.75) is 26.0 Å². The second-order valence-corrected chi connectivity index (χ2v) is 4.97. The van der Waals surface area contributed by atoms with Gasteiger partial charge in [-0.05, 0) is 12.5 Å². The van der Waals surface area contributed by atoms with Gasteiger partial charge in [0, 0.05) is 25.6 Å². The Hall–Kier alpha value is -1.88. The monoisotopic (exact) mass is 276 g/mol. The lowest BCUT2D eigenvalue weighted by Gasteiger charge is -2.26. The summed E-state index contributed by atoms with van der Waals surface area (Å²) in [5.41, 5.74) is 1.04. The quantitative estimate of drug-likeness (QED) is 0.890. The molecule has 1 saturated heterocycles. The van der Waals surface area contributed by atoms with Crippen molar-refractivity contribution in [1.29, 1.82) is 0 Å². The van der Waals surface area contributed by atoms with Crippen molar-refractivity contribution in [3.63, 3.8) is 0 Å². The van der Waals surface area contributed by atoms with Crippen LogP contribution in [0.3, 0.4) is 0 Å². The summed E-state index contributed by atoms with van der Waals surface area (Å²) >= 11 is 0. The van der Waals surface area contributed by atoms with E-state index in [-0.39, 0.29) is 24.5 Å². The van der Waals surface area contributed by atoms with Crippen LogP contribution in [0.25, 0.3) is 0 Å². The van der Waals surface area contributed by atoms with Gasteiger partial charge in [-0.15, -0.1) is 0 Å². The lowest BCUT2D eigenvalue weighted by molar-refractivity contribution is -0.138. The van der Waals surface area contributed by atoms with Gasteiger partial charge in [0.1, 0.15) is 6.61 Å². The van der Waals surface area contributed by atoms with Crippen LogP contribution in [0.15, 0.2) is 30.3 Å². The molecule has 1 unspecified atom stereocenters. The zero-order chi connectivity index (χ0) is 14.4. The first-order valence-corrected chi connectivity index (χ1v) is 6.84. The third kappa shape index (κ3) is 4.06. The SMILES string of the molecule is CC1CC(=O)NCCN1C(=O)COCc1ccccc1. The van der Waals surface area contributed by atoms with Crippen LogP contribution in [0, 0.1) is 0 Å². The molecule has 1 aliphatic rings. The molecule has 0 aromatic heterocycles. The highest BCUT2D eigenvalue weighted by molar-refractivity contribution is 5.81. The van der Waals surface area contributed by atoms with Crippen LogP contribution in [0.4, 0.5) is 0 Å². The van der Waals surface area contributed by atoms with Crippen molar-refractivity contribution in [3.8, 4) is 0 Å². The molecule has 1 aromatic carbocycles. The predicted octanol–water partition coefficient (Wildman–Crippen LogP) is 0.940. The number of nitrogens with one attached hydrogen (secondary N) is 1. The molecule has 108 valence electrons. The van der Waals surface area contributed by atoms with Gasteiger partial charge in [-0.1, -0.05) is 30.3 Å². The number of rotatable bonds is 4. The van der Waals surface area contributed by atoms with Crippen LogP contribution in [0.1, 0.15) is 18.9 Å². The first-order chi connectivity index (χ1) is 9.66. The first-order valence-electron chi connectivity index (χ1n) is 6.84. The summed E-state index contributed by atoms with van der Waals surface area (Å²) in [5.74, 6) is -0.0667. The van der Waals surface area contributed by atoms with Gasteiger partial charge in [0.2, 0.25) is 11.8 Å². The second kappa shape index (κ2) is 7.05. The summed E-state index contributed by atoms with van der Waals surface area (Å²) in [4.78, 5) is 25.2. The smallest absolute Gasteiger partial charge is 0.248 e. The fraction of sp³-hybridized carbons (Fsp3) is 0.467. The van der Waals surface area contributed by atoms with Gasteiger partial charge in [0.05, 0.1) is 6.61 Å². The molecular formula is C15H20N2O3. The maximum absolute atomic E-state index is 12.1. The van der Waals surface area contributed by atoms with Crippen molar-refractivity contribution in [3.05, 3.63) is 35.9 Å². The van der Waals surface area contributed by atoms with Crippen LogP contribution in [-0.4, -0.2) is 42.5 Å².